The molecule has 0 unspecified atom stereocenters. The number of likely N-dealkylation sites (N-methyl/N-ethyl adjacent to an activating group) is 1. The van der Waals surface area contributed by atoms with Crippen molar-refractivity contribution >= 4 is 17.3 Å². The van der Waals surface area contributed by atoms with Crippen LogP contribution in [0.25, 0.3) is 0 Å². The molecule has 21 heavy (non-hydrogen) atoms. The van der Waals surface area contributed by atoms with Crippen LogP contribution in [0.4, 0.5) is 5.69 Å². The fourth-order valence-electron chi connectivity index (χ4n) is 1.80. The first-order chi connectivity index (χ1) is 10.1. The van der Waals surface area contributed by atoms with Crippen molar-refractivity contribution in [3.63, 3.8) is 0 Å². The highest BCUT2D eigenvalue weighted by Gasteiger charge is 2.06. The smallest absolute Gasteiger partial charge is 0.269 e. The second-order valence-electron chi connectivity index (χ2n) is 4.59. The van der Waals surface area contributed by atoms with Crippen molar-refractivity contribution in [3.05, 3.63) is 51.7 Å². The van der Waals surface area contributed by atoms with Gasteiger partial charge >= 0.3 is 0 Å². The molecule has 112 valence electrons. The molecule has 0 aliphatic heterocycles. The molecule has 0 N–H and O–H groups in total. The number of ether oxygens (including phenoxy) is 1. The van der Waals surface area contributed by atoms with E-state index in [0.717, 1.165) is 5.69 Å². The number of rotatable bonds is 6. The molecule has 0 aliphatic carbocycles. The summed E-state index contributed by atoms with van der Waals surface area (Å²) in [7, 11) is 3.53. The van der Waals surface area contributed by atoms with Crippen LogP contribution in [0.5, 0.6) is 0 Å². The van der Waals surface area contributed by atoms with Crippen LogP contribution in [0, 0.1) is 0 Å². The van der Waals surface area contributed by atoms with Crippen molar-refractivity contribution in [1.82, 2.24) is 14.8 Å². The molecule has 7 heteroatoms. The average molecular weight is 309 g/mol. The number of hydrogen-bond donors (Lipinski definition) is 0. The van der Waals surface area contributed by atoms with E-state index in [2.05, 4.69) is 10.1 Å². The Hall–Kier alpha value is -1.92. The molecule has 2 aromatic heterocycles. The lowest BCUT2D eigenvalue weighted by Crippen LogP contribution is -2.28. The van der Waals surface area contributed by atoms with Crippen LogP contribution in [0.2, 0.25) is 5.02 Å². The first kappa shape index (κ1) is 15.5. The van der Waals surface area contributed by atoms with Crippen molar-refractivity contribution in [2.24, 2.45) is 0 Å². The maximum atomic E-state index is 12.1. The first-order valence-electron chi connectivity index (χ1n) is 6.48. The Morgan fingerprint density at radius 2 is 2.24 bits per heavy atom. The molecule has 0 fully saturated rings. The molecule has 0 saturated carbocycles. The van der Waals surface area contributed by atoms with Crippen LogP contribution in [0.1, 0.15) is 5.69 Å². The van der Waals surface area contributed by atoms with Crippen molar-refractivity contribution in [2.75, 3.05) is 32.2 Å². The lowest BCUT2D eigenvalue weighted by atomic mass is 10.3. The molecule has 0 saturated heterocycles. The summed E-state index contributed by atoms with van der Waals surface area (Å²) in [4.78, 5) is 18.2. The Morgan fingerprint density at radius 1 is 1.43 bits per heavy atom. The number of pyridine rings is 1. The summed E-state index contributed by atoms with van der Waals surface area (Å²) < 4.78 is 6.37. The van der Waals surface area contributed by atoms with Crippen LogP contribution in [-0.4, -0.2) is 42.1 Å². The van der Waals surface area contributed by atoms with E-state index in [1.807, 2.05) is 11.9 Å². The zero-order chi connectivity index (χ0) is 15.2. The second kappa shape index (κ2) is 7.19. The van der Waals surface area contributed by atoms with Gasteiger partial charge in [-0.3, -0.25) is 9.78 Å². The van der Waals surface area contributed by atoms with Gasteiger partial charge in [0, 0.05) is 38.0 Å². The van der Waals surface area contributed by atoms with Crippen LogP contribution in [-0.2, 0) is 11.3 Å². The van der Waals surface area contributed by atoms with Crippen molar-refractivity contribution in [1.29, 1.82) is 0 Å². The zero-order valence-corrected chi connectivity index (χ0v) is 12.7. The molecule has 0 bridgehead atoms. The number of halogens is 1. The molecule has 2 aromatic rings. The third kappa shape index (κ3) is 4.27. The second-order valence-corrected chi connectivity index (χ2v) is 5.03. The molecular formula is C14H17ClN4O2. The molecule has 0 radical (unpaired) electrons. The van der Waals surface area contributed by atoms with Gasteiger partial charge in [-0.1, -0.05) is 11.6 Å². The zero-order valence-electron chi connectivity index (χ0n) is 12.0. The number of aromatic nitrogens is 3. The summed E-state index contributed by atoms with van der Waals surface area (Å²) in [6, 6.07) is 4.95. The molecule has 2 rings (SSSR count). The molecule has 2 heterocycles. The summed E-state index contributed by atoms with van der Waals surface area (Å²) in [5, 5.41) is 4.76. The Labute approximate surface area is 127 Å². The monoisotopic (exact) mass is 308 g/mol. The highest BCUT2D eigenvalue weighted by molar-refractivity contribution is 6.30. The summed E-state index contributed by atoms with van der Waals surface area (Å²) in [6.07, 6.45) is 3.26. The molecule has 0 spiro atoms. The fraction of sp³-hybridized carbons (Fsp3) is 0.357. The van der Waals surface area contributed by atoms with Gasteiger partial charge in [0.25, 0.3) is 5.56 Å². The molecule has 0 aromatic carbocycles. The summed E-state index contributed by atoms with van der Waals surface area (Å²) in [5.74, 6) is 0. The van der Waals surface area contributed by atoms with Gasteiger partial charge in [0.05, 0.1) is 30.7 Å². The van der Waals surface area contributed by atoms with Crippen LogP contribution >= 0.6 is 11.6 Å². The van der Waals surface area contributed by atoms with E-state index in [4.69, 9.17) is 16.3 Å². The van der Waals surface area contributed by atoms with Gasteiger partial charge in [0.1, 0.15) is 0 Å². The van der Waals surface area contributed by atoms with E-state index in [1.54, 1.807) is 37.7 Å². The molecular weight excluding hydrogens is 292 g/mol. The minimum atomic E-state index is -0.182. The molecule has 0 atom stereocenters. The van der Waals surface area contributed by atoms with Gasteiger partial charge in [-0.05, 0) is 12.1 Å². The maximum Gasteiger partial charge on any atom is 0.269 e. The summed E-state index contributed by atoms with van der Waals surface area (Å²) >= 11 is 5.90. The van der Waals surface area contributed by atoms with E-state index in [9.17, 15) is 4.79 Å². The maximum absolute atomic E-state index is 12.1. The van der Waals surface area contributed by atoms with E-state index in [1.165, 1.54) is 4.68 Å². The van der Waals surface area contributed by atoms with E-state index < -0.39 is 0 Å². The lowest BCUT2D eigenvalue weighted by Gasteiger charge is -2.18. The van der Waals surface area contributed by atoms with Gasteiger partial charge in [0.15, 0.2) is 0 Å². The van der Waals surface area contributed by atoms with Crippen LogP contribution in [0.15, 0.2) is 35.4 Å². The van der Waals surface area contributed by atoms with Gasteiger partial charge < -0.3 is 9.64 Å². The normalized spacial score (nSPS) is 10.6. The average Bonchev–Trinajstić information content (AvgIpc) is 2.47. The molecule has 6 nitrogen and oxygen atoms in total. The Bertz CT molecular complexity index is 659. The van der Waals surface area contributed by atoms with Gasteiger partial charge in [-0.2, -0.15) is 5.10 Å². The number of hydrogen-bond acceptors (Lipinski definition) is 5. The Balaban J connectivity index is 2.14. The number of nitrogens with zero attached hydrogens (tertiary/aromatic N) is 4. The van der Waals surface area contributed by atoms with Crippen molar-refractivity contribution in [2.45, 2.75) is 6.54 Å². The third-order valence-electron chi connectivity index (χ3n) is 3.02. The van der Waals surface area contributed by atoms with E-state index in [0.29, 0.717) is 30.4 Å². The van der Waals surface area contributed by atoms with Gasteiger partial charge in [-0.15, -0.1) is 0 Å². The van der Waals surface area contributed by atoms with Crippen molar-refractivity contribution in [3.8, 4) is 0 Å². The topological polar surface area (TPSA) is 60.2 Å². The Kier molecular flexibility index (Phi) is 5.30. The largest absolute Gasteiger partial charge is 0.383 e. The van der Waals surface area contributed by atoms with Gasteiger partial charge in [-0.25, -0.2) is 4.68 Å². The summed E-state index contributed by atoms with van der Waals surface area (Å²) in [5.41, 5.74) is 1.27. The first-order valence-corrected chi connectivity index (χ1v) is 6.85. The van der Waals surface area contributed by atoms with Crippen LogP contribution < -0.4 is 10.5 Å². The highest BCUT2D eigenvalue weighted by Crippen LogP contribution is 2.09. The molecule has 0 aliphatic rings. The van der Waals surface area contributed by atoms with Crippen molar-refractivity contribution < 1.29 is 4.74 Å². The highest BCUT2D eigenvalue weighted by atomic mass is 35.5. The fourth-order valence-corrected chi connectivity index (χ4v) is 1.98. The predicted octanol–water partition coefficient (Wildman–Crippen LogP) is 1.42. The minimum absolute atomic E-state index is 0.182. The quantitative estimate of drug-likeness (QED) is 0.808. The number of methoxy groups -OCH3 is 1. The lowest BCUT2D eigenvalue weighted by molar-refractivity contribution is 0.206. The van der Waals surface area contributed by atoms with Crippen LogP contribution in [0.3, 0.4) is 0 Å². The Morgan fingerprint density at radius 3 is 2.90 bits per heavy atom. The predicted molar refractivity (Wildman–Crippen MR) is 82.0 cm³/mol. The van der Waals surface area contributed by atoms with Gasteiger partial charge in [0.2, 0.25) is 0 Å². The number of anilines is 1. The minimum Gasteiger partial charge on any atom is -0.383 e. The van der Waals surface area contributed by atoms with E-state index >= 15 is 0 Å². The molecule has 0 amide bonds. The standard InChI is InChI=1S/C14H17ClN4O2/c1-18(5-6-21-2)13-8-14(20)19(17-9-13)10-12-7-11(15)3-4-16-12/h3-4,7-9H,5-6,10H2,1-2H3. The SMILES string of the molecule is COCCN(C)c1cnn(Cc2cc(Cl)ccn2)c(=O)c1. The summed E-state index contributed by atoms with van der Waals surface area (Å²) in [6.45, 7) is 1.57. The van der Waals surface area contributed by atoms with E-state index in [-0.39, 0.29) is 5.56 Å². The third-order valence-corrected chi connectivity index (χ3v) is 3.25.